The Kier molecular flexibility index (Phi) is 3.82. The van der Waals surface area contributed by atoms with E-state index in [-0.39, 0.29) is 10.9 Å². The van der Waals surface area contributed by atoms with Gasteiger partial charge in [-0.25, -0.2) is 13.1 Å². The zero-order chi connectivity index (χ0) is 12.3. The summed E-state index contributed by atoms with van der Waals surface area (Å²) in [5.74, 6) is 0. The predicted octanol–water partition coefficient (Wildman–Crippen LogP) is -0.0693. The standard InChI is InChI=1S/C10H17N3O3S/c11-5-9-4-10(6-12-9)17(14,15)13-8-2-1-3-16-7-8/h4,6,8,12-13H,1-3,5,7,11H2. The molecule has 96 valence electrons. The van der Waals surface area contributed by atoms with Crippen LogP contribution in [-0.2, 0) is 21.3 Å². The van der Waals surface area contributed by atoms with E-state index in [0.29, 0.717) is 25.5 Å². The Balaban J connectivity index is 2.07. The van der Waals surface area contributed by atoms with Gasteiger partial charge in [0.25, 0.3) is 0 Å². The average Bonchev–Trinajstić information content (AvgIpc) is 2.79. The van der Waals surface area contributed by atoms with Crippen LogP contribution >= 0.6 is 0 Å². The van der Waals surface area contributed by atoms with Crippen LogP contribution in [0, 0.1) is 0 Å². The monoisotopic (exact) mass is 259 g/mol. The molecule has 1 unspecified atom stereocenters. The lowest BCUT2D eigenvalue weighted by atomic mass is 10.1. The maximum Gasteiger partial charge on any atom is 0.242 e. The second-order valence-corrected chi connectivity index (χ2v) is 5.81. The van der Waals surface area contributed by atoms with Gasteiger partial charge in [-0.15, -0.1) is 0 Å². The number of hydrogen-bond donors (Lipinski definition) is 3. The van der Waals surface area contributed by atoms with Gasteiger partial charge in [0.15, 0.2) is 0 Å². The topological polar surface area (TPSA) is 97.2 Å². The van der Waals surface area contributed by atoms with E-state index in [9.17, 15) is 8.42 Å². The van der Waals surface area contributed by atoms with Crippen LogP contribution in [0.4, 0.5) is 0 Å². The minimum atomic E-state index is -3.47. The van der Waals surface area contributed by atoms with Gasteiger partial charge in [-0.2, -0.15) is 0 Å². The zero-order valence-corrected chi connectivity index (χ0v) is 10.3. The fourth-order valence-corrected chi connectivity index (χ4v) is 3.09. The van der Waals surface area contributed by atoms with Crippen molar-refractivity contribution in [3.8, 4) is 0 Å². The summed E-state index contributed by atoms with van der Waals surface area (Å²) in [5.41, 5.74) is 6.12. The van der Waals surface area contributed by atoms with Crippen LogP contribution in [0.3, 0.4) is 0 Å². The van der Waals surface area contributed by atoms with Crippen LogP contribution in [0.15, 0.2) is 17.2 Å². The second kappa shape index (κ2) is 5.18. The fraction of sp³-hybridized carbons (Fsp3) is 0.600. The van der Waals surface area contributed by atoms with Crippen molar-refractivity contribution in [2.24, 2.45) is 5.73 Å². The van der Waals surface area contributed by atoms with Gasteiger partial charge < -0.3 is 15.5 Å². The van der Waals surface area contributed by atoms with Crippen LogP contribution in [0.1, 0.15) is 18.5 Å². The molecular weight excluding hydrogens is 242 g/mol. The summed E-state index contributed by atoms with van der Waals surface area (Å²) in [7, 11) is -3.47. The van der Waals surface area contributed by atoms with Crippen LogP contribution in [0.2, 0.25) is 0 Å². The smallest absolute Gasteiger partial charge is 0.242 e. The van der Waals surface area contributed by atoms with E-state index >= 15 is 0 Å². The number of hydrogen-bond acceptors (Lipinski definition) is 4. The number of aromatic amines is 1. The molecule has 1 atom stereocenters. The minimum Gasteiger partial charge on any atom is -0.380 e. The van der Waals surface area contributed by atoms with Gasteiger partial charge in [-0.3, -0.25) is 0 Å². The number of ether oxygens (including phenoxy) is 1. The van der Waals surface area contributed by atoms with Gasteiger partial charge in [0, 0.05) is 31.1 Å². The molecule has 2 rings (SSSR count). The van der Waals surface area contributed by atoms with Crippen molar-refractivity contribution in [1.29, 1.82) is 0 Å². The average molecular weight is 259 g/mol. The van der Waals surface area contributed by atoms with Crippen LogP contribution < -0.4 is 10.5 Å². The lowest BCUT2D eigenvalue weighted by molar-refractivity contribution is 0.0774. The maximum atomic E-state index is 12.0. The molecule has 17 heavy (non-hydrogen) atoms. The van der Waals surface area contributed by atoms with E-state index < -0.39 is 10.0 Å². The highest BCUT2D eigenvalue weighted by Crippen LogP contribution is 2.13. The van der Waals surface area contributed by atoms with Gasteiger partial charge in [0.2, 0.25) is 10.0 Å². The maximum absolute atomic E-state index is 12.0. The highest BCUT2D eigenvalue weighted by molar-refractivity contribution is 7.89. The van der Waals surface area contributed by atoms with Crippen molar-refractivity contribution in [2.45, 2.75) is 30.3 Å². The highest BCUT2D eigenvalue weighted by Gasteiger charge is 2.22. The number of sulfonamides is 1. The third-order valence-corrected chi connectivity index (χ3v) is 4.23. The summed E-state index contributed by atoms with van der Waals surface area (Å²) in [6, 6.07) is 1.41. The summed E-state index contributed by atoms with van der Waals surface area (Å²) in [4.78, 5) is 3.05. The Hall–Kier alpha value is -0.890. The van der Waals surface area contributed by atoms with Crippen LogP contribution in [-0.4, -0.2) is 32.7 Å². The number of aromatic nitrogens is 1. The Labute approximate surface area is 101 Å². The first kappa shape index (κ1) is 12.6. The Morgan fingerprint density at radius 3 is 3.00 bits per heavy atom. The first-order valence-electron chi connectivity index (χ1n) is 5.59. The first-order valence-corrected chi connectivity index (χ1v) is 7.07. The van der Waals surface area contributed by atoms with Crippen LogP contribution in [0.25, 0.3) is 0 Å². The largest absolute Gasteiger partial charge is 0.380 e. The predicted molar refractivity (Wildman–Crippen MR) is 62.8 cm³/mol. The van der Waals surface area contributed by atoms with Crippen molar-refractivity contribution >= 4 is 10.0 Å². The minimum absolute atomic E-state index is 0.134. The number of H-pyrrole nitrogens is 1. The van der Waals surface area contributed by atoms with E-state index in [1.54, 1.807) is 6.07 Å². The molecule has 0 aromatic carbocycles. The van der Waals surface area contributed by atoms with E-state index in [1.807, 2.05) is 0 Å². The molecule has 7 heteroatoms. The summed E-state index contributed by atoms with van der Waals surface area (Å²) >= 11 is 0. The first-order chi connectivity index (χ1) is 8.12. The Morgan fingerprint density at radius 1 is 1.59 bits per heavy atom. The van der Waals surface area contributed by atoms with Crippen molar-refractivity contribution in [1.82, 2.24) is 9.71 Å². The molecule has 2 heterocycles. The summed E-state index contributed by atoms with van der Waals surface area (Å²) < 4.78 is 31.9. The van der Waals surface area contributed by atoms with Gasteiger partial charge in [0.05, 0.1) is 11.5 Å². The van der Waals surface area contributed by atoms with Gasteiger partial charge in [-0.05, 0) is 18.9 Å². The normalized spacial score (nSPS) is 21.6. The van der Waals surface area contributed by atoms with E-state index in [2.05, 4.69) is 9.71 Å². The molecule has 0 radical (unpaired) electrons. The Bertz CT molecular complexity index is 463. The molecule has 6 nitrogen and oxygen atoms in total. The third-order valence-electron chi connectivity index (χ3n) is 2.73. The third kappa shape index (κ3) is 3.06. The van der Waals surface area contributed by atoms with Crippen molar-refractivity contribution in [3.63, 3.8) is 0 Å². The molecular formula is C10H17N3O3S. The molecule has 0 bridgehead atoms. The molecule has 0 saturated carbocycles. The summed E-state index contributed by atoms with van der Waals surface area (Å²) in [6.45, 7) is 1.44. The number of rotatable bonds is 4. The Morgan fingerprint density at radius 2 is 2.41 bits per heavy atom. The molecule has 1 aromatic rings. The lowest BCUT2D eigenvalue weighted by Gasteiger charge is -2.22. The summed E-state index contributed by atoms with van der Waals surface area (Å²) in [5, 5.41) is 0. The quantitative estimate of drug-likeness (QED) is 0.705. The van der Waals surface area contributed by atoms with Gasteiger partial charge >= 0.3 is 0 Å². The summed E-state index contributed by atoms with van der Waals surface area (Å²) in [6.07, 6.45) is 3.15. The molecule has 1 fully saturated rings. The molecule has 0 spiro atoms. The van der Waals surface area contributed by atoms with Crippen molar-refractivity contribution in [3.05, 3.63) is 18.0 Å². The second-order valence-electron chi connectivity index (χ2n) is 4.10. The molecule has 1 aliphatic rings. The van der Waals surface area contributed by atoms with Gasteiger partial charge in [0.1, 0.15) is 0 Å². The molecule has 1 saturated heterocycles. The van der Waals surface area contributed by atoms with Gasteiger partial charge in [-0.1, -0.05) is 0 Å². The van der Waals surface area contributed by atoms with E-state index in [4.69, 9.17) is 10.5 Å². The van der Waals surface area contributed by atoms with Crippen LogP contribution in [0.5, 0.6) is 0 Å². The SMILES string of the molecule is NCc1cc(S(=O)(=O)NC2CCCOC2)c[nH]1. The number of nitrogens with two attached hydrogens (primary N) is 1. The van der Waals surface area contributed by atoms with Crippen molar-refractivity contribution in [2.75, 3.05) is 13.2 Å². The molecule has 0 aliphatic carbocycles. The lowest BCUT2D eigenvalue weighted by Crippen LogP contribution is -2.40. The van der Waals surface area contributed by atoms with E-state index in [0.717, 1.165) is 12.8 Å². The van der Waals surface area contributed by atoms with Crippen molar-refractivity contribution < 1.29 is 13.2 Å². The molecule has 1 aromatic heterocycles. The zero-order valence-electron chi connectivity index (χ0n) is 9.48. The molecule has 4 N–H and O–H groups in total. The molecule has 0 amide bonds. The number of nitrogens with one attached hydrogen (secondary N) is 2. The fourth-order valence-electron chi connectivity index (χ4n) is 1.81. The molecule has 1 aliphatic heterocycles. The van der Waals surface area contributed by atoms with E-state index in [1.165, 1.54) is 6.20 Å². The highest BCUT2D eigenvalue weighted by atomic mass is 32.2.